The minimum absolute atomic E-state index is 0.137. The maximum atomic E-state index is 11.6. The van der Waals surface area contributed by atoms with E-state index in [1.807, 2.05) is 6.92 Å². The summed E-state index contributed by atoms with van der Waals surface area (Å²) in [7, 11) is 0. The molecule has 2 heterocycles. The molecule has 2 aromatic heterocycles. The highest BCUT2D eigenvalue weighted by Gasteiger charge is 2.06. The molecule has 0 fully saturated rings. The molecule has 5 nitrogen and oxygen atoms in total. The Bertz CT molecular complexity index is 555. The van der Waals surface area contributed by atoms with Crippen LogP contribution in [0.3, 0.4) is 0 Å². The summed E-state index contributed by atoms with van der Waals surface area (Å²) in [4.78, 5) is 15.7. The SMILES string of the molecule is Cc1nccc(NCC(=O)NCc2ccco2)c1Cl. The Morgan fingerprint density at radius 2 is 2.32 bits per heavy atom. The molecule has 0 aromatic carbocycles. The molecule has 19 heavy (non-hydrogen) atoms. The first-order valence-corrected chi connectivity index (χ1v) is 6.18. The van der Waals surface area contributed by atoms with Gasteiger partial charge in [-0.25, -0.2) is 0 Å². The molecule has 0 aliphatic carbocycles. The molecule has 0 aliphatic heterocycles. The lowest BCUT2D eigenvalue weighted by atomic mass is 10.3. The first-order valence-electron chi connectivity index (χ1n) is 5.81. The van der Waals surface area contributed by atoms with E-state index in [9.17, 15) is 4.79 Å². The molecular formula is C13H14ClN3O2. The molecule has 6 heteroatoms. The van der Waals surface area contributed by atoms with Crippen molar-refractivity contribution in [1.29, 1.82) is 0 Å². The van der Waals surface area contributed by atoms with Crippen LogP contribution in [0.1, 0.15) is 11.5 Å². The molecule has 0 saturated heterocycles. The second kappa shape index (κ2) is 6.24. The number of rotatable bonds is 5. The second-order valence-corrected chi connectivity index (χ2v) is 4.35. The number of hydrogen-bond donors (Lipinski definition) is 2. The van der Waals surface area contributed by atoms with Gasteiger partial charge in [-0.2, -0.15) is 0 Å². The maximum absolute atomic E-state index is 11.6. The molecule has 0 bridgehead atoms. The predicted molar refractivity (Wildman–Crippen MR) is 73.0 cm³/mol. The number of aryl methyl sites for hydroxylation is 1. The number of furan rings is 1. The average molecular weight is 280 g/mol. The van der Waals surface area contributed by atoms with Crippen molar-refractivity contribution in [2.24, 2.45) is 0 Å². The summed E-state index contributed by atoms with van der Waals surface area (Å²) < 4.78 is 5.12. The van der Waals surface area contributed by atoms with Crippen LogP contribution in [0.25, 0.3) is 0 Å². The third-order valence-corrected chi connectivity index (χ3v) is 3.02. The summed E-state index contributed by atoms with van der Waals surface area (Å²) in [6.07, 6.45) is 3.21. The van der Waals surface area contributed by atoms with E-state index >= 15 is 0 Å². The molecule has 0 radical (unpaired) electrons. The minimum atomic E-state index is -0.137. The van der Waals surface area contributed by atoms with E-state index in [0.717, 1.165) is 5.69 Å². The number of nitrogens with zero attached hydrogens (tertiary/aromatic N) is 1. The van der Waals surface area contributed by atoms with Crippen LogP contribution in [0.5, 0.6) is 0 Å². The van der Waals surface area contributed by atoms with E-state index in [1.54, 1.807) is 30.7 Å². The van der Waals surface area contributed by atoms with Crippen LogP contribution in [0.4, 0.5) is 5.69 Å². The molecule has 2 rings (SSSR count). The van der Waals surface area contributed by atoms with Gasteiger partial charge in [0.1, 0.15) is 5.76 Å². The van der Waals surface area contributed by atoms with Gasteiger partial charge in [0.15, 0.2) is 0 Å². The first-order chi connectivity index (χ1) is 9.16. The largest absolute Gasteiger partial charge is 0.467 e. The van der Waals surface area contributed by atoms with Gasteiger partial charge in [0.25, 0.3) is 0 Å². The monoisotopic (exact) mass is 279 g/mol. The molecular weight excluding hydrogens is 266 g/mol. The van der Waals surface area contributed by atoms with Gasteiger partial charge in [0, 0.05) is 6.20 Å². The second-order valence-electron chi connectivity index (χ2n) is 3.97. The van der Waals surface area contributed by atoms with Gasteiger partial charge in [0.05, 0.1) is 35.8 Å². The van der Waals surface area contributed by atoms with Crippen molar-refractivity contribution in [2.75, 3.05) is 11.9 Å². The fourth-order valence-corrected chi connectivity index (χ4v) is 1.70. The molecule has 2 N–H and O–H groups in total. The molecule has 0 atom stereocenters. The van der Waals surface area contributed by atoms with Crippen molar-refractivity contribution in [3.63, 3.8) is 0 Å². The number of hydrogen-bond acceptors (Lipinski definition) is 4. The highest BCUT2D eigenvalue weighted by molar-refractivity contribution is 6.33. The summed E-state index contributed by atoms with van der Waals surface area (Å²) >= 11 is 6.06. The van der Waals surface area contributed by atoms with Crippen molar-refractivity contribution >= 4 is 23.2 Å². The van der Waals surface area contributed by atoms with Gasteiger partial charge in [-0.15, -0.1) is 0 Å². The van der Waals surface area contributed by atoms with Crippen LogP contribution in [0.2, 0.25) is 5.02 Å². The van der Waals surface area contributed by atoms with E-state index in [-0.39, 0.29) is 12.5 Å². The van der Waals surface area contributed by atoms with Crippen molar-refractivity contribution in [1.82, 2.24) is 10.3 Å². The van der Waals surface area contributed by atoms with E-state index in [0.29, 0.717) is 23.0 Å². The Hall–Kier alpha value is -2.01. The van der Waals surface area contributed by atoms with E-state index in [4.69, 9.17) is 16.0 Å². The van der Waals surface area contributed by atoms with E-state index in [1.165, 1.54) is 0 Å². The Labute approximate surface area is 116 Å². The highest BCUT2D eigenvalue weighted by atomic mass is 35.5. The molecule has 0 unspecified atom stereocenters. The van der Waals surface area contributed by atoms with Crippen LogP contribution in [0.15, 0.2) is 35.1 Å². The lowest BCUT2D eigenvalue weighted by Crippen LogP contribution is -2.29. The topological polar surface area (TPSA) is 67.2 Å². The average Bonchev–Trinajstić information content (AvgIpc) is 2.91. The summed E-state index contributed by atoms with van der Waals surface area (Å²) in [5, 5.41) is 6.23. The number of pyridine rings is 1. The smallest absolute Gasteiger partial charge is 0.239 e. The van der Waals surface area contributed by atoms with Crippen molar-refractivity contribution in [3.05, 3.63) is 47.1 Å². The number of anilines is 1. The van der Waals surface area contributed by atoms with Gasteiger partial charge < -0.3 is 15.1 Å². The van der Waals surface area contributed by atoms with Crippen LogP contribution in [-0.2, 0) is 11.3 Å². The molecule has 2 aromatic rings. The number of halogens is 1. The highest BCUT2D eigenvalue weighted by Crippen LogP contribution is 2.22. The zero-order valence-electron chi connectivity index (χ0n) is 10.4. The van der Waals surface area contributed by atoms with Gasteiger partial charge in [0.2, 0.25) is 5.91 Å². The van der Waals surface area contributed by atoms with Crippen LogP contribution in [-0.4, -0.2) is 17.4 Å². The fourth-order valence-electron chi connectivity index (χ4n) is 1.52. The Balaban J connectivity index is 1.81. The van der Waals surface area contributed by atoms with Crippen molar-refractivity contribution < 1.29 is 9.21 Å². The maximum Gasteiger partial charge on any atom is 0.239 e. The lowest BCUT2D eigenvalue weighted by Gasteiger charge is -2.09. The van der Waals surface area contributed by atoms with Gasteiger partial charge in [-0.05, 0) is 25.1 Å². The summed E-state index contributed by atoms with van der Waals surface area (Å²) in [5.41, 5.74) is 1.42. The van der Waals surface area contributed by atoms with Crippen molar-refractivity contribution in [3.8, 4) is 0 Å². The van der Waals surface area contributed by atoms with E-state index in [2.05, 4.69) is 15.6 Å². The van der Waals surface area contributed by atoms with Gasteiger partial charge in [-0.1, -0.05) is 11.6 Å². The molecule has 100 valence electrons. The predicted octanol–water partition coefficient (Wildman–Crippen LogP) is 2.36. The summed E-state index contributed by atoms with van der Waals surface area (Å²) in [6.45, 7) is 2.32. The van der Waals surface area contributed by atoms with Crippen LogP contribution >= 0.6 is 11.6 Å². The minimum Gasteiger partial charge on any atom is -0.467 e. The number of amides is 1. The Morgan fingerprint density at radius 3 is 3.05 bits per heavy atom. The van der Waals surface area contributed by atoms with Gasteiger partial charge >= 0.3 is 0 Å². The van der Waals surface area contributed by atoms with E-state index < -0.39 is 0 Å². The van der Waals surface area contributed by atoms with Gasteiger partial charge in [-0.3, -0.25) is 9.78 Å². The molecule has 0 aliphatic rings. The third kappa shape index (κ3) is 3.72. The molecule has 0 spiro atoms. The zero-order valence-corrected chi connectivity index (χ0v) is 11.2. The fraction of sp³-hybridized carbons (Fsp3) is 0.231. The quantitative estimate of drug-likeness (QED) is 0.882. The number of carbonyl (C=O) groups excluding carboxylic acids is 1. The Morgan fingerprint density at radius 1 is 1.47 bits per heavy atom. The number of aromatic nitrogens is 1. The molecule has 1 amide bonds. The third-order valence-electron chi connectivity index (χ3n) is 2.54. The summed E-state index contributed by atoms with van der Waals surface area (Å²) in [5.74, 6) is 0.577. The zero-order chi connectivity index (χ0) is 13.7. The van der Waals surface area contributed by atoms with Crippen molar-refractivity contribution in [2.45, 2.75) is 13.5 Å². The summed E-state index contributed by atoms with van der Waals surface area (Å²) in [6, 6.07) is 5.31. The normalized spacial score (nSPS) is 10.2. The van der Waals surface area contributed by atoms with Crippen LogP contribution in [0, 0.1) is 6.92 Å². The standard InChI is InChI=1S/C13H14ClN3O2/c1-9-13(14)11(4-5-15-9)16-8-12(18)17-7-10-3-2-6-19-10/h2-6H,7-8H2,1H3,(H,15,16)(H,17,18). The Kier molecular flexibility index (Phi) is 4.41. The van der Waals surface area contributed by atoms with Crippen LogP contribution < -0.4 is 10.6 Å². The first kappa shape index (κ1) is 13.4. The number of carbonyl (C=O) groups is 1. The lowest BCUT2D eigenvalue weighted by molar-refractivity contribution is -0.119. The number of nitrogens with one attached hydrogen (secondary N) is 2. The molecule has 0 saturated carbocycles.